The van der Waals surface area contributed by atoms with Crippen LogP contribution in [0.5, 0.6) is 5.75 Å². The maximum Gasteiger partial charge on any atom is 0.322 e. The van der Waals surface area contributed by atoms with Crippen molar-refractivity contribution in [3.63, 3.8) is 0 Å². The summed E-state index contributed by atoms with van der Waals surface area (Å²) in [6.07, 6.45) is 0. The molecule has 0 saturated carbocycles. The van der Waals surface area contributed by atoms with Crippen LogP contribution in [-0.2, 0) is 14.8 Å². The van der Waals surface area contributed by atoms with Crippen LogP contribution in [0.25, 0.3) is 0 Å². The molecular formula is C19H19ClFNO5S. The summed E-state index contributed by atoms with van der Waals surface area (Å²) >= 11 is 5.88. The summed E-state index contributed by atoms with van der Waals surface area (Å²) in [5.41, 5.74) is 1.54. The lowest BCUT2D eigenvalue weighted by molar-refractivity contribution is -0.143. The van der Waals surface area contributed by atoms with E-state index in [1.54, 1.807) is 19.9 Å². The van der Waals surface area contributed by atoms with E-state index in [-0.39, 0.29) is 16.2 Å². The molecule has 1 N–H and O–H groups in total. The summed E-state index contributed by atoms with van der Waals surface area (Å²) < 4.78 is 46.9. The third kappa shape index (κ3) is 3.36. The highest BCUT2D eigenvalue weighted by atomic mass is 35.5. The van der Waals surface area contributed by atoms with Gasteiger partial charge >= 0.3 is 5.97 Å². The number of rotatable bonds is 4. The first-order valence-electron chi connectivity index (χ1n) is 8.48. The molecule has 28 heavy (non-hydrogen) atoms. The van der Waals surface area contributed by atoms with Crippen LogP contribution in [0.4, 0.5) is 4.39 Å². The van der Waals surface area contributed by atoms with Crippen molar-refractivity contribution in [3.05, 3.63) is 57.9 Å². The number of halogens is 2. The van der Waals surface area contributed by atoms with E-state index < -0.39 is 40.5 Å². The quantitative estimate of drug-likeness (QED) is 0.804. The molecule has 0 bridgehead atoms. The molecule has 2 atom stereocenters. The molecule has 150 valence electrons. The van der Waals surface area contributed by atoms with Crippen molar-refractivity contribution in [2.75, 3.05) is 6.73 Å². The Kier molecular flexibility index (Phi) is 5.40. The van der Waals surface area contributed by atoms with E-state index >= 15 is 0 Å². The molecule has 1 unspecified atom stereocenters. The molecule has 2 aromatic rings. The SMILES string of the molecule is Cc1ccc(F)c(C(C)[C@@H](C(=O)O)N2COc3cc(Cl)ccc3S2(=O)=O)c1C. The zero-order valence-corrected chi connectivity index (χ0v) is 17.0. The fourth-order valence-corrected chi connectivity index (χ4v) is 5.26. The first-order valence-corrected chi connectivity index (χ1v) is 10.3. The minimum Gasteiger partial charge on any atom is -0.480 e. The van der Waals surface area contributed by atoms with E-state index in [0.717, 1.165) is 9.87 Å². The Balaban J connectivity index is 2.10. The Hall–Kier alpha value is -2.16. The molecule has 6 nitrogen and oxygen atoms in total. The van der Waals surface area contributed by atoms with Gasteiger partial charge in [-0.25, -0.2) is 12.8 Å². The molecule has 1 aliphatic rings. The van der Waals surface area contributed by atoms with Crippen LogP contribution < -0.4 is 4.74 Å². The van der Waals surface area contributed by atoms with E-state index in [1.807, 2.05) is 0 Å². The van der Waals surface area contributed by atoms with Gasteiger partial charge in [0.1, 0.15) is 22.5 Å². The number of ether oxygens (including phenoxy) is 1. The predicted octanol–water partition coefficient (Wildman–Crippen LogP) is 3.69. The van der Waals surface area contributed by atoms with Gasteiger partial charge in [-0.05, 0) is 48.7 Å². The number of hydrogen-bond donors (Lipinski definition) is 1. The van der Waals surface area contributed by atoms with Crippen LogP contribution in [0.15, 0.2) is 35.2 Å². The van der Waals surface area contributed by atoms with E-state index in [9.17, 15) is 22.7 Å². The normalized spacial score (nSPS) is 18.0. The number of fused-ring (bicyclic) bond motifs is 1. The van der Waals surface area contributed by atoms with Gasteiger partial charge in [0.15, 0.2) is 6.73 Å². The summed E-state index contributed by atoms with van der Waals surface area (Å²) in [4.78, 5) is 11.9. The summed E-state index contributed by atoms with van der Waals surface area (Å²) in [6.45, 7) is 4.45. The third-order valence-electron chi connectivity index (χ3n) is 5.06. The molecule has 0 spiro atoms. The maximum atomic E-state index is 14.5. The first-order chi connectivity index (χ1) is 13.1. The Morgan fingerprint density at radius 2 is 1.96 bits per heavy atom. The Morgan fingerprint density at radius 3 is 2.61 bits per heavy atom. The van der Waals surface area contributed by atoms with E-state index in [4.69, 9.17) is 16.3 Å². The van der Waals surface area contributed by atoms with Gasteiger partial charge in [-0.2, -0.15) is 0 Å². The van der Waals surface area contributed by atoms with Gasteiger partial charge in [0.25, 0.3) is 0 Å². The van der Waals surface area contributed by atoms with Crippen LogP contribution in [0.1, 0.15) is 29.5 Å². The molecule has 3 rings (SSSR count). The fourth-order valence-electron chi connectivity index (χ4n) is 3.47. The second-order valence-corrected chi connectivity index (χ2v) is 9.03. The molecule has 1 heterocycles. The number of nitrogens with zero attached hydrogens (tertiary/aromatic N) is 1. The number of carboxylic acid groups (broad SMARTS) is 1. The number of aryl methyl sites for hydroxylation is 1. The van der Waals surface area contributed by atoms with Crippen LogP contribution in [0.2, 0.25) is 5.02 Å². The molecule has 0 aromatic heterocycles. The van der Waals surface area contributed by atoms with Gasteiger partial charge in [-0.1, -0.05) is 24.6 Å². The van der Waals surface area contributed by atoms with Gasteiger partial charge < -0.3 is 9.84 Å². The second-order valence-electron chi connectivity index (χ2n) is 6.73. The maximum absolute atomic E-state index is 14.5. The average molecular weight is 428 g/mol. The molecule has 9 heteroatoms. The molecule has 0 fully saturated rings. The second kappa shape index (κ2) is 7.35. The van der Waals surface area contributed by atoms with E-state index in [2.05, 4.69) is 0 Å². The minimum absolute atomic E-state index is 0.0541. The Labute approximate surface area is 167 Å². The van der Waals surface area contributed by atoms with Crippen LogP contribution in [0, 0.1) is 19.7 Å². The number of benzene rings is 2. The average Bonchev–Trinajstić information content (AvgIpc) is 2.60. The topological polar surface area (TPSA) is 83.9 Å². The van der Waals surface area contributed by atoms with Crippen LogP contribution in [0.3, 0.4) is 0 Å². The van der Waals surface area contributed by atoms with Gasteiger partial charge in [0.2, 0.25) is 10.0 Å². The van der Waals surface area contributed by atoms with Crippen molar-refractivity contribution >= 4 is 27.6 Å². The summed E-state index contributed by atoms with van der Waals surface area (Å²) in [7, 11) is -4.19. The monoisotopic (exact) mass is 427 g/mol. The van der Waals surface area contributed by atoms with E-state index in [1.165, 1.54) is 31.2 Å². The van der Waals surface area contributed by atoms with Gasteiger partial charge in [-0.3, -0.25) is 4.79 Å². The zero-order valence-electron chi connectivity index (χ0n) is 15.4. The number of aliphatic carboxylic acids is 1. The van der Waals surface area contributed by atoms with Gasteiger partial charge in [0, 0.05) is 17.0 Å². The molecule has 1 aliphatic heterocycles. The Morgan fingerprint density at radius 1 is 1.29 bits per heavy atom. The molecule has 2 aromatic carbocycles. The molecule has 0 amide bonds. The number of carboxylic acids is 1. The van der Waals surface area contributed by atoms with Gasteiger partial charge in [-0.15, -0.1) is 4.31 Å². The molecule has 0 aliphatic carbocycles. The van der Waals surface area contributed by atoms with Crippen molar-refractivity contribution in [2.45, 2.75) is 37.6 Å². The van der Waals surface area contributed by atoms with E-state index in [0.29, 0.717) is 10.6 Å². The van der Waals surface area contributed by atoms with Crippen molar-refractivity contribution in [1.29, 1.82) is 0 Å². The van der Waals surface area contributed by atoms with Crippen LogP contribution >= 0.6 is 11.6 Å². The van der Waals surface area contributed by atoms with Crippen LogP contribution in [-0.4, -0.2) is 36.6 Å². The smallest absolute Gasteiger partial charge is 0.322 e. The highest BCUT2D eigenvalue weighted by molar-refractivity contribution is 7.89. The standard InChI is InChI=1S/C19H19ClFNO5S/c1-10-4-6-14(21)17(11(10)2)12(3)18(19(23)24)22-9-27-15-8-13(20)5-7-16(15)28(22,25)26/h4-8,12,18H,9H2,1-3H3,(H,23,24)/t12?,18-/m0/s1. The number of hydrogen-bond acceptors (Lipinski definition) is 4. The summed E-state index contributed by atoms with van der Waals surface area (Å²) in [5, 5.41) is 10.1. The van der Waals surface area contributed by atoms with Crippen molar-refractivity contribution in [2.24, 2.45) is 0 Å². The summed E-state index contributed by atoms with van der Waals surface area (Å²) in [6, 6.07) is 5.30. The number of sulfonamides is 1. The largest absolute Gasteiger partial charge is 0.480 e. The predicted molar refractivity (Wildman–Crippen MR) is 102 cm³/mol. The number of carbonyl (C=O) groups is 1. The van der Waals surface area contributed by atoms with Crippen molar-refractivity contribution in [3.8, 4) is 5.75 Å². The van der Waals surface area contributed by atoms with Crippen molar-refractivity contribution < 1.29 is 27.4 Å². The van der Waals surface area contributed by atoms with Gasteiger partial charge in [0.05, 0.1) is 0 Å². The highest BCUT2D eigenvalue weighted by Gasteiger charge is 2.44. The highest BCUT2D eigenvalue weighted by Crippen LogP contribution is 2.38. The third-order valence-corrected chi connectivity index (χ3v) is 7.14. The lowest BCUT2D eigenvalue weighted by atomic mass is 9.88. The molecule has 0 saturated heterocycles. The molecule has 0 radical (unpaired) electrons. The van der Waals surface area contributed by atoms with Crippen molar-refractivity contribution in [1.82, 2.24) is 4.31 Å². The lowest BCUT2D eigenvalue weighted by Gasteiger charge is -2.35. The molecular weight excluding hydrogens is 409 g/mol. The lowest BCUT2D eigenvalue weighted by Crippen LogP contribution is -2.51. The Bertz CT molecular complexity index is 1060. The summed E-state index contributed by atoms with van der Waals surface area (Å²) in [5.74, 6) is -2.87. The minimum atomic E-state index is -4.19. The first kappa shape index (κ1) is 20.6. The zero-order chi connectivity index (χ0) is 20.8. The fraction of sp³-hybridized carbons (Fsp3) is 0.316.